The van der Waals surface area contributed by atoms with Gasteiger partial charge in [0, 0.05) is 11.3 Å². The van der Waals surface area contributed by atoms with E-state index in [1.165, 1.54) is 6.33 Å². The van der Waals surface area contributed by atoms with Gasteiger partial charge < -0.3 is 15.4 Å². The SMILES string of the molecule is Nc1ncnc2c1C(=O)N(c1ccc(-c3cccc(Cl)c3Cl)cc1)CCO2. The summed E-state index contributed by atoms with van der Waals surface area (Å²) in [4.78, 5) is 22.4. The van der Waals surface area contributed by atoms with Crippen LogP contribution < -0.4 is 15.4 Å². The molecule has 2 aromatic carbocycles. The molecule has 1 aliphatic heterocycles. The predicted molar refractivity (Wildman–Crippen MR) is 106 cm³/mol. The Morgan fingerprint density at radius 1 is 1.07 bits per heavy atom. The number of amides is 1. The lowest BCUT2D eigenvalue weighted by Gasteiger charge is -2.20. The molecule has 1 amide bonds. The number of ether oxygens (including phenoxy) is 1. The van der Waals surface area contributed by atoms with E-state index in [1.54, 1.807) is 11.0 Å². The van der Waals surface area contributed by atoms with Crippen molar-refractivity contribution in [2.24, 2.45) is 0 Å². The van der Waals surface area contributed by atoms with E-state index in [9.17, 15) is 4.79 Å². The van der Waals surface area contributed by atoms with Crippen molar-refractivity contribution in [1.82, 2.24) is 9.97 Å². The van der Waals surface area contributed by atoms with E-state index >= 15 is 0 Å². The molecule has 6 nitrogen and oxygen atoms in total. The number of rotatable bonds is 2. The van der Waals surface area contributed by atoms with Gasteiger partial charge in [-0.05, 0) is 23.8 Å². The van der Waals surface area contributed by atoms with Gasteiger partial charge in [0.25, 0.3) is 5.91 Å². The minimum absolute atomic E-state index is 0.0965. The third-order valence-electron chi connectivity index (χ3n) is 4.30. The van der Waals surface area contributed by atoms with Crippen molar-refractivity contribution in [2.75, 3.05) is 23.8 Å². The Kier molecular flexibility index (Phi) is 4.59. The molecule has 8 heteroatoms. The van der Waals surface area contributed by atoms with Crippen molar-refractivity contribution in [2.45, 2.75) is 0 Å². The zero-order valence-corrected chi connectivity index (χ0v) is 15.5. The second-order valence-electron chi connectivity index (χ2n) is 5.89. The Labute approximate surface area is 165 Å². The Morgan fingerprint density at radius 2 is 1.85 bits per heavy atom. The number of carbonyl (C=O) groups is 1. The number of hydrogen-bond acceptors (Lipinski definition) is 5. The van der Waals surface area contributed by atoms with Crippen LogP contribution in [0.4, 0.5) is 11.5 Å². The largest absolute Gasteiger partial charge is 0.475 e. The maximum atomic E-state index is 13.0. The van der Waals surface area contributed by atoms with Gasteiger partial charge in [-0.15, -0.1) is 0 Å². The Balaban J connectivity index is 1.69. The number of carbonyl (C=O) groups excluding carboxylic acids is 1. The topological polar surface area (TPSA) is 81.3 Å². The van der Waals surface area contributed by atoms with Crippen molar-refractivity contribution >= 4 is 40.6 Å². The lowest BCUT2D eigenvalue weighted by Crippen LogP contribution is -2.32. The third-order valence-corrected chi connectivity index (χ3v) is 5.11. The van der Waals surface area contributed by atoms with Crippen LogP contribution in [0.2, 0.25) is 10.0 Å². The molecule has 2 heterocycles. The minimum Gasteiger partial charge on any atom is -0.475 e. The number of nitrogens with two attached hydrogens (primary N) is 1. The summed E-state index contributed by atoms with van der Waals surface area (Å²) in [5.41, 5.74) is 8.47. The minimum atomic E-state index is -0.297. The normalized spacial score (nSPS) is 13.7. The predicted octanol–water partition coefficient (Wildman–Crippen LogP) is 4.07. The van der Waals surface area contributed by atoms with Gasteiger partial charge in [-0.2, -0.15) is 0 Å². The monoisotopic (exact) mass is 400 g/mol. The highest BCUT2D eigenvalue weighted by molar-refractivity contribution is 6.43. The Morgan fingerprint density at radius 3 is 2.63 bits per heavy atom. The first-order valence-corrected chi connectivity index (χ1v) is 8.91. The first-order chi connectivity index (χ1) is 13.1. The van der Waals surface area contributed by atoms with Gasteiger partial charge in [0.1, 0.15) is 24.3 Å². The molecule has 0 atom stereocenters. The summed E-state index contributed by atoms with van der Waals surface area (Å²) in [5.74, 6) is 0.00527. The van der Waals surface area contributed by atoms with E-state index in [0.29, 0.717) is 28.9 Å². The highest BCUT2D eigenvalue weighted by Crippen LogP contribution is 2.35. The van der Waals surface area contributed by atoms with Crippen molar-refractivity contribution in [3.8, 4) is 17.0 Å². The van der Waals surface area contributed by atoms with Gasteiger partial charge in [0.15, 0.2) is 0 Å². The van der Waals surface area contributed by atoms with Crippen molar-refractivity contribution in [1.29, 1.82) is 0 Å². The van der Waals surface area contributed by atoms with Gasteiger partial charge in [-0.25, -0.2) is 9.97 Å². The molecule has 0 bridgehead atoms. The van der Waals surface area contributed by atoms with E-state index in [4.69, 9.17) is 33.7 Å². The van der Waals surface area contributed by atoms with E-state index in [-0.39, 0.29) is 23.2 Å². The third kappa shape index (κ3) is 3.18. The van der Waals surface area contributed by atoms with Crippen LogP contribution in [0.5, 0.6) is 5.88 Å². The highest BCUT2D eigenvalue weighted by Gasteiger charge is 2.28. The smallest absolute Gasteiger partial charge is 0.267 e. The van der Waals surface area contributed by atoms with Crippen LogP contribution in [-0.2, 0) is 0 Å². The number of halogens is 2. The molecule has 1 aromatic heterocycles. The maximum Gasteiger partial charge on any atom is 0.267 e. The molecular weight excluding hydrogens is 387 g/mol. The van der Waals surface area contributed by atoms with Gasteiger partial charge >= 0.3 is 0 Å². The van der Waals surface area contributed by atoms with Crippen molar-refractivity contribution < 1.29 is 9.53 Å². The van der Waals surface area contributed by atoms with E-state index in [2.05, 4.69) is 9.97 Å². The van der Waals surface area contributed by atoms with Crippen LogP contribution in [0.3, 0.4) is 0 Å². The molecule has 0 unspecified atom stereocenters. The van der Waals surface area contributed by atoms with Gasteiger partial charge in [-0.3, -0.25) is 4.79 Å². The van der Waals surface area contributed by atoms with Crippen molar-refractivity contribution in [3.63, 3.8) is 0 Å². The molecule has 0 fully saturated rings. The lowest BCUT2D eigenvalue weighted by atomic mass is 10.0. The number of fused-ring (bicyclic) bond motifs is 1. The quantitative estimate of drug-likeness (QED) is 0.700. The van der Waals surface area contributed by atoms with Crippen LogP contribution in [0.25, 0.3) is 11.1 Å². The van der Waals surface area contributed by atoms with E-state index in [0.717, 1.165) is 11.1 Å². The molecule has 136 valence electrons. The van der Waals surface area contributed by atoms with Crippen LogP contribution in [0, 0.1) is 0 Å². The van der Waals surface area contributed by atoms with Gasteiger partial charge in [-0.1, -0.05) is 47.5 Å². The number of aromatic nitrogens is 2. The maximum absolute atomic E-state index is 13.0. The Bertz CT molecular complexity index is 1020. The summed E-state index contributed by atoms with van der Waals surface area (Å²) in [6.07, 6.45) is 1.28. The molecule has 0 saturated carbocycles. The molecule has 1 aliphatic rings. The first-order valence-electron chi connectivity index (χ1n) is 8.16. The second kappa shape index (κ2) is 7.06. The fourth-order valence-electron chi connectivity index (χ4n) is 2.96. The van der Waals surface area contributed by atoms with Crippen LogP contribution in [0.15, 0.2) is 48.8 Å². The van der Waals surface area contributed by atoms with E-state index in [1.807, 2.05) is 36.4 Å². The molecule has 0 aliphatic carbocycles. The summed E-state index contributed by atoms with van der Waals surface area (Å²) in [7, 11) is 0. The fourth-order valence-corrected chi connectivity index (χ4v) is 3.37. The molecular formula is C19H14Cl2N4O2. The summed E-state index contributed by atoms with van der Waals surface area (Å²) >= 11 is 12.4. The first kappa shape index (κ1) is 17.6. The zero-order valence-electron chi connectivity index (χ0n) is 14.0. The summed E-state index contributed by atoms with van der Waals surface area (Å²) < 4.78 is 5.55. The summed E-state index contributed by atoms with van der Waals surface area (Å²) in [6.45, 7) is 0.670. The highest BCUT2D eigenvalue weighted by atomic mass is 35.5. The van der Waals surface area contributed by atoms with Gasteiger partial charge in [0.2, 0.25) is 5.88 Å². The Hall–Kier alpha value is -2.83. The van der Waals surface area contributed by atoms with Crippen LogP contribution in [0.1, 0.15) is 10.4 Å². The molecule has 2 N–H and O–H groups in total. The van der Waals surface area contributed by atoms with Crippen LogP contribution >= 0.6 is 23.2 Å². The second-order valence-corrected chi connectivity index (χ2v) is 6.68. The van der Waals surface area contributed by atoms with E-state index < -0.39 is 0 Å². The molecule has 0 spiro atoms. The molecule has 4 rings (SSSR count). The molecule has 0 saturated heterocycles. The number of benzene rings is 2. The zero-order chi connectivity index (χ0) is 19.0. The molecule has 27 heavy (non-hydrogen) atoms. The molecule has 0 radical (unpaired) electrons. The fraction of sp³-hybridized carbons (Fsp3) is 0.105. The summed E-state index contributed by atoms with van der Waals surface area (Å²) in [5, 5.41) is 0.982. The number of hydrogen-bond donors (Lipinski definition) is 1. The number of nitrogen functional groups attached to an aromatic ring is 1. The summed E-state index contributed by atoms with van der Waals surface area (Å²) in [6, 6.07) is 12.9. The van der Waals surface area contributed by atoms with Crippen molar-refractivity contribution in [3.05, 3.63) is 64.4 Å². The van der Waals surface area contributed by atoms with Crippen LogP contribution in [-0.4, -0.2) is 29.0 Å². The average Bonchev–Trinajstić information content (AvgIpc) is 2.84. The number of nitrogens with zero attached hydrogens (tertiary/aromatic N) is 3. The lowest BCUT2D eigenvalue weighted by molar-refractivity contribution is 0.0990. The standard InChI is InChI=1S/C19H14Cl2N4O2/c20-14-3-1-2-13(16(14)21)11-4-6-12(7-5-11)25-8-9-27-18-15(19(25)26)17(22)23-10-24-18/h1-7,10H,8-9H2,(H2,22,23,24). The number of anilines is 2. The van der Waals surface area contributed by atoms with Gasteiger partial charge in [0.05, 0.1) is 16.6 Å². The average molecular weight is 401 g/mol. The molecule has 3 aromatic rings.